The Morgan fingerprint density at radius 3 is 2.30 bits per heavy atom. The van der Waals surface area contributed by atoms with Crippen LogP contribution in [0.3, 0.4) is 0 Å². The van der Waals surface area contributed by atoms with Crippen molar-refractivity contribution in [3.05, 3.63) is 47.3 Å². The molecule has 1 aromatic heterocycles. The van der Waals surface area contributed by atoms with E-state index in [9.17, 15) is 0 Å². The molecular weight excluding hydrogens is 246 g/mol. The lowest BCUT2D eigenvalue weighted by Gasteiger charge is -2.19. The number of aromatic nitrogens is 2. The lowest BCUT2D eigenvalue weighted by Crippen LogP contribution is -2.11. The molecule has 2 rings (SSSR count). The maximum Gasteiger partial charge on any atom is 0.0625 e. The van der Waals surface area contributed by atoms with E-state index in [1.54, 1.807) is 0 Å². The zero-order chi connectivity index (χ0) is 14.8. The fraction of sp³-hybridized carbons (Fsp3) is 0.471. The minimum absolute atomic E-state index is 0.205. The van der Waals surface area contributed by atoms with Gasteiger partial charge in [-0.05, 0) is 35.6 Å². The summed E-state index contributed by atoms with van der Waals surface area (Å²) in [7, 11) is 2.00. The molecule has 0 aliphatic heterocycles. The van der Waals surface area contributed by atoms with Gasteiger partial charge < -0.3 is 5.32 Å². The lowest BCUT2D eigenvalue weighted by atomic mass is 9.87. The zero-order valence-corrected chi connectivity index (χ0v) is 13.2. The van der Waals surface area contributed by atoms with Gasteiger partial charge in [-0.25, -0.2) is 0 Å². The van der Waals surface area contributed by atoms with Crippen molar-refractivity contribution in [2.75, 3.05) is 5.32 Å². The van der Waals surface area contributed by atoms with Crippen molar-refractivity contribution in [3.63, 3.8) is 0 Å². The van der Waals surface area contributed by atoms with Crippen LogP contribution in [-0.4, -0.2) is 9.78 Å². The molecule has 0 saturated carbocycles. The van der Waals surface area contributed by atoms with Crippen LogP contribution >= 0.6 is 0 Å². The third kappa shape index (κ3) is 3.41. The van der Waals surface area contributed by atoms with E-state index in [2.05, 4.69) is 68.4 Å². The fourth-order valence-corrected chi connectivity index (χ4v) is 2.19. The summed E-state index contributed by atoms with van der Waals surface area (Å²) in [6.07, 6.45) is 0.980. The molecule has 0 amide bonds. The van der Waals surface area contributed by atoms with Gasteiger partial charge in [-0.1, -0.05) is 39.8 Å². The van der Waals surface area contributed by atoms with Gasteiger partial charge in [0, 0.05) is 12.7 Å². The van der Waals surface area contributed by atoms with Crippen LogP contribution in [0.2, 0.25) is 0 Å². The Morgan fingerprint density at radius 1 is 1.15 bits per heavy atom. The number of nitrogens with one attached hydrogen (secondary N) is 1. The summed E-state index contributed by atoms with van der Waals surface area (Å²) < 4.78 is 1.95. The van der Waals surface area contributed by atoms with E-state index in [1.165, 1.54) is 11.3 Å². The minimum Gasteiger partial charge on any atom is -0.379 e. The summed E-state index contributed by atoms with van der Waals surface area (Å²) >= 11 is 0. The lowest BCUT2D eigenvalue weighted by molar-refractivity contribution is 0.590. The molecule has 0 radical (unpaired) electrons. The summed E-state index contributed by atoms with van der Waals surface area (Å²) in [5, 5.41) is 7.92. The molecule has 0 fully saturated rings. The van der Waals surface area contributed by atoms with Gasteiger partial charge >= 0.3 is 0 Å². The molecule has 1 N–H and O–H groups in total. The number of benzene rings is 1. The summed E-state index contributed by atoms with van der Waals surface area (Å²) in [5.74, 6) is 0. The van der Waals surface area contributed by atoms with Gasteiger partial charge in [0.15, 0.2) is 0 Å². The quantitative estimate of drug-likeness (QED) is 0.914. The van der Waals surface area contributed by atoms with Crippen molar-refractivity contribution in [1.29, 1.82) is 0 Å². The van der Waals surface area contributed by atoms with Gasteiger partial charge in [0.25, 0.3) is 0 Å². The Kier molecular flexibility index (Phi) is 4.17. The molecule has 0 spiro atoms. The Morgan fingerprint density at radius 2 is 1.80 bits per heavy atom. The molecule has 2 aromatic rings. The highest BCUT2D eigenvalue weighted by atomic mass is 15.3. The molecule has 1 heterocycles. The van der Waals surface area contributed by atoms with Gasteiger partial charge in [-0.15, -0.1) is 0 Å². The van der Waals surface area contributed by atoms with Gasteiger partial charge in [0.05, 0.1) is 17.9 Å². The average molecular weight is 271 g/mol. The number of nitrogens with zero attached hydrogens (tertiary/aromatic N) is 2. The van der Waals surface area contributed by atoms with Gasteiger partial charge in [-0.3, -0.25) is 4.68 Å². The molecule has 0 aliphatic carbocycles. The standard InChI is InChI=1S/C17H25N3/c1-6-14-11-16(20(5)19-14)12-18-15-9-7-13(8-10-15)17(2,3)4/h7-11,18H,6,12H2,1-5H3. The van der Waals surface area contributed by atoms with Crippen molar-refractivity contribution in [2.45, 2.75) is 46.1 Å². The Balaban J connectivity index is 2.02. The van der Waals surface area contributed by atoms with Crippen molar-refractivity contribution in [3.8, 4) is 0 Å². The van der Waals surface area contributed by atoms with E-state index in [1.807, 2.05) is 11.7 Å². The van der Waals surface area contributed by atoms with Crippen LogP contribution in [-0.2, 0) is 25.4 Å². The van der Waals surface area contributed by atoms with E-state index < -0.39 is 0 Å². The van der Waals surface area contributed by atoms with Gasteiger partial charge in [0.1, 0.15) is 0 Å². The maximum absolute atomic E-state index is 4.46. The van der Waals surface area contributed by atoms with Gasteiger partial charge in [-0.2, -0.15) is 5.10 Å². The number of aryl methyl sites for hydroxylation is 2. The van der Waals surface area contributed by atoms with Crippen LogP contribution in [0.15, 0.2) is 30.3 Å². The summed E-state index contributed by atoms with van der Waals surface area (Å²) in [4.78, 5) is 0. The van der Waals surface area contributed by atoms with E-state index in [4.69, 9.17) is 0 Å². The monoisotopic (exact) mass is 271 g/mol. The Labute approximate surface area is 122 Å². The van der Waals surface area contributed by atoms with Crippen LogP contribution in [0.4, 0.5) is 5.69 Å². The summed E-state index contributed by atoms with van der Waals surface area (Å²) in [6.45, 7) is 9.63. The first kappa shape index (κ1) is 14.6. The van der Waals surface area contributed by atoms with E-state index in [-0.39, 0.29) is 5.41 Å². The molecule has 3 heteroatoms. The highest BCUT2D eigenvalue weighted by Crippen LogP contribution is 2.23. The molecule has 20 heavy (non-hydrogen) atoms. The van der Waals surface area contributed by atoms with Crippen molar-refractivity contribution >= 4 is 5.69 Å². The van der Waals surface area contributed by atoms with Crippen LogP contribution in [0, 0.1) is 0 Å². The zero-order valence-electron chi connectivity index (χ0n) is 13.2. The summed E-state index contributed by atoms with van der Waals surface area (Å²) in [6, 6.07) is 10.9. The van der Waals surface area contributed by atoms with E-state index >= 15 is 0 Å². The first-order valence-corrected chi connectivity index (χ1v) is 7.26. The highest BCUT2D eigenvalue weighted by Gasteiger charge is 2.12. The van der Waals surface area contributed by atoms with Crippen molar-refractivity contribution in [2.24, 2.45) is 7.05 Å². The molecule has 0 bridgehead atoms. The molecule has 108 valence electrons. The van der Waals surface area contributed by atoms with E-state index in [0.29, 0.717) is 0 Å². The fourth-order valence-electron chi connectivity index (χ4n) is 2.19. The molecular formula is C17H25N3. The predicted molar refractivity (Wildman–Crippen MR) is 85.1 cm³/mol. The second kappa shape index (κ2) is 5.70. The smallest absolute Gasteiger partial charge is 0.0625 e. The first-order chi connectivity index (χ1) is 9.40. The largest absolute Gasteiger partial charge is 0.379 e. The van der Waals surface area contributed by atoms with Crippen LogP contribution in [0.1, 0.15) is 44.6 Å². The SMILES string of the molecule is CCc1cc(CNc2ccc(C(C)(C)C)cc2)n(C)n1. The molecule has 0 aliphatic rings. The number of hydrogen-bond acceptors (Lipinski definition) is 2. The van der Waals surface area contributed by atoms with Gasteiger partial charge in [0.2, 0.25) is 0 Å². The topological polar surface area (TPSA) is 29.9 Å². The second-order valence-electron chi connectivity index (χ2n) is 6.29. The molecule has 3 nitrogen and oxygen atoms in total. The Bertz CT molecular complexity index is 559. The van der Waals surface area contributed by atoms with Crippen molar-refractivity contribution < 1.29 is 0 Å². The Hall–Kier alpha value is -1.77. The van der Waals surface area contributed by atoms with Crippen LogP contribution in [0.25, 0.3) is 0 Å². The summed E-state index contributed by atoms with van der Waals surface area (Å²) in [5.41, 5.74) is 5.07. The van der Waals surface area contributed by atoms with E-state index in [0.717, 1.165) is 24.3 Å². The van der Waals surface area contributed by atoms with Crippen molar-refractivity contribution in [1.82, 2.24) is 9.78 Å². The highest BCUT2D eigenvalue weighted by molar-refractivity contribution is 5.46. The third-order valence-electron chi connectivity index (χ3n) is 3.61. The maximum atomic E-state index is 4.46. The molecule has 0 atom stereocenters. The predicted octanol–water partition coefficient (Wildman–Crippen LogP) is 3.89. The van der Waals surface area contributed by atoms with Crippen LogP contribution < -0.4 is 5.32 Å². The number of hydrogen-bond donors (Lipinski definition) is 1. The minimum atomic E-state index is 0.205. The normalized spacial score (nSPS) is 11.7. The number of anilines is 1. The molecule has 0 unspecified atom stereocenters. The average Bonchev–Trinajstić information content (AvgIpc) is 2.76. The second-order valence-corrected chi connectivity index (χ2v) is 6.29. The first-order valence-electron chi connectivity index (χ1n) is 7.26. The number of rotatable bonds is 4. The molecule has 0 saturated heterocycles. The molecule has 1 aromatic carbocycles. The van der Waals surface area contributed by atoms with Crippen LogP contribution in [0.5, 0.6) is 0 Å². The third-order valence-corrected chi connectivity index (χ3v) is 3.61.